The Hall–Kier alpha value is -3.77. The molecule has 1 N–H and O–H groups in total. The van der Waals surface area contributed by atoms with Gasteiger partial charge in [0.15, 0.2) is 0 Å². The SMILES string of the molecule is CCOc1ccc(C2/C(=C(\O)c3ccc(OC)cc3)C(=O)C(=O)N2c2cccc(Cl)c2)cc1. The van der Waals surface area contributed by atoms with Crippen LogP contribution in [0.3, 0.4) is 0 Å². The van der Waals surface area contributed by atoms with Crippen molar-refractivity contribution in [3.63, 3.8) is 0 Å². The molecule has 1 aliphatic rings. The zero-order valence-electron chi connectivity index (χ0n) is 18.1. The minimum Gasteiger partial charge on any atom is -0.507 e. The molecular formula is C26H22ClNO5. The lowest BCUT2D eigenvalue weighted by molar-refractivity contribution is -0.132. The lowest BCUT2D eigenvalue weighted by Gasteiger charge is -2.25. The number of aliphatic hydroxyl groups is 1. The van der Waals surface area contributed by atoms with Crippen LogP contribution in [-0.4, -0.2) is 30.5 Å². The van der Waals surface area contributed by atoms with Crippen LogP contribution in [0, 0.1) is 0 Å². The number of nitrogens with zero attached hydrogens (tertiary/aromatic N) is 1. The number of carbonyl (C=O) groups is 2. The number of Topliss-reactive ketones (excluding diaryl/α,β-unsaturated/α-hetero) is 1. The maximum Gasteiger partial charge on any atom is 0.300 e. The van der Waals surface area contributed by atoms with Crippen molar-refractivity contribution in [2.75, 3.05) is 18.6 Å². The number of aliphatic hydroxyl groups excluding tert-OH is 1. The first kappa shape index (κ1) is 22.4. The molecule has 168 valence electrons. The minimum absolute atomic E-state index is 0.00528. The van der Waals surface area contributed by atoms with Crippen molar-refractivity contribution >= 4 is 34.7 Å². The second kappa shape index (κ2) is 9.38. The molecule has 1 heterocycles. The predicted molar refractivity (Wildman–Crippen MR) is 127 cm³/mol. The summed E-state index contributed by atoms with van der Waals surface area (Å²) in [7, 11) is 1.54. The summed E-state index contributed by atoms with van der Waals surface area (Å²) >= 11 is 6.17. The summed E-state index contributed by atoms with van der Waals surface area (Å²) in [6.07, 6.45) is 0. The van der Waals surface area contributed by atoms with Crippen LogP contribution < -0.4 is 14.4 Å². The lowest BCUT2D eigenvalue weighted by Crippen LogP contribution is -2.29. The van der Waals surface area contributed by atoms with Crippen LogP contribution >= 0.6 is 11.6 Å². The number of ketones is 1. The third-order valence-corrected chi connectivity index (χ3v) is 5.64. The molecule has 0 spiro atoms. The Balaban J connectivity index is 1.89. The first-order chi connectivity index (χ1) is 15.9. The van der Waals surface area contributed by atoms with Gasteiger partial charge in [-0.25, -0.2) is 0 Å². The number of rotatable bonds is 6. The Morgan fingerprint density at radius 3 is 2.27 bits per heavy atom. The van der Waals surface area contributed by atoms with Gasteiger partial charge in [-0.2, -0.15) is 0 Å². The van der Waals surface area contributed by atoms with Gasteiger partial charge >= 0.3 is 0 Å². The van der Waals surface area contributed by atoms with E-state index >= 15 is 0 Å². The molecule has 0 bridgehead atoms. The van der Waals surface area contributed by atoms with Crippen LogP contribution in [0.1, 0.15) is 24.1 Å². The Morgan fingerprint density at radius 2 is 1.67 bits per heavy atom. The van der Waals surface area contributed by atoms with Gasteiger partial charge in [-0.1, -0.05) is 29.8 Å². The number of benzene rings is 3. The Bertz CT molecular complexity index is 1220. The molecule has 1 unspecified atom stereocenters. The van der Waals surface area contributed by atoms with Crippen LogP contribution in [0.2, 0.25) is 5.02 Å². The average Bonchev–Trinajstić information content (AvgIpc) is 3.10. The number of halogens is 1. The molecule has 1 aliphatic heterocycles. The van der Waals surface area contributed by atoms with E-state index in [9.17, 15) is 14.7 Å². The summed E-state index contributed by atoms with van der Waals surface area (Å²) in [5.41, 5.74) is 1.50. The molecular weight excluding hydrogens is 442 g/mol. The van der Waals surface area contributed by atoms with Crippen LogP contribution in [0.25, 0.3) is 5.76 Å². The third-order valence-electron chi connectivity index (χ3n) is 5.40. The molecule has 3 aromatic carbocycles. The molecule has 1 amide bonds. The van der Waals surface area contributed by atoms with E-state index in [-0.39, 0.29) is 11.3 Å². The second-order valence-corrected chi connectivity index (χ2v) is 7.82. The van der Waals surface area contributed by atoms with Gasteiger partial charge in [0.25, 0.3) is 11.7 Å². The first-order valence-electron chi connectivity index (χ1n) is 10.4. The molecule has 0 aliphatic carbocycles. The molecule has 0 radical (unpaired) electrons. The van der Waals surface area contributed by atoms with Crippen molar-refractivity contribution in [3.05, 3.63) is 94.5 Å². The van der Waals surface area contributed by atoms with Crippen molar-refractivity contribution in [2.24, 2.45) is 0 Å². The summed E-state index contributed by atoms with van der Waals surface area (Å²) in [6, 6.07) is 19.6. The predicted octanol–water partition coefficient (Wildman–Crippen LogP) is 5.37. The molecule has 1 fully saturated rings. The monoisotopic (exact) mass is 463 g/mol. The van der Waals surface area contributed by atoms with Crippen LogP contribution in [0.4, 0.5) is 5.69 Å². The fraction of sp³-hybridized carbons (Fsp3) is 0.154. The molecule has 0 saturated carbocycles. The molecule has 1 saturated heterocycles. The lowest BCUT2D eigenvalue weighted by atomic mass is 9.95. The van der Waals surface area contributed by atoms with Crippen LogP contribution in [-0.2, 0) is 9.59 Å². The highest BCUT2D eigenvalue weighted by molar-refractivity contribution is 6.51. The first-order valence-corrected chi connectivity index (χ1v) is 10.8. The van der Waals surface area contributed by atoms with Crippen LogP contribution in [0.15, 0.2) is 78.4 Å². The number of carbonyl (C=O) groups excluding carboxylic acids is 2. The summed E-state index contributed by atoms with van der Waals surface area (Å²) < 4.78 is 10.7. The van der Waals surface area contributed by atoms with E-state index in [1.807, 2.05) is 6.92 Å². The van der Waals surface area contributed by atoms with Crippen molar-refractivity contribution in [1.29, 1.82) is 0 Å². The molecule has 1 atom stereocenters. The van der Waals surface area contributed by atoms with Crippen molar-refractivity contribution in [1.82, 2.24) is 0 Å². The molecule has 3 aromatic rings. The Morgan fingerprint density at radius 1 is 1.00 bits per heavy atom. The van der Waals surface area contributed by atoms with E-state index in [0.717, 1.165) is 0 Å². The fourth-order valence-electron chi connectivity index (χ4n) is 3.86. The Labute approximate surface area is 196 Å². The highest BCUT2D eigenvalue weighted by atomic mass is 35.5. The number of methoxy groups -OCH3 is 1. The smallest absolute Gasteiger partial charge is 0.300 e. The molecule has 7 heteroatoms. The van der Waals surface area contributed by atoms with Crippen LogP contribution in [0.5, 0.6) is 11.5 Å². The Kier molecular flexibility index (Phi) is 6.38. The van der Waals surface area contributed by atoms with E-state index in [0.29, 0.717) is 39.9 Å². The van der Waals surface area contributed by atoms with E-state index in [2.05, 4.69) is 0 Å². The quantitative estimate of drug-likeness (QED) is 0.302. The molecule has 4 rings (SSSR count). The largest absolute Gasteiger partial charge is 0.507 e. The summed E-state index contributed by atoms with van der Waals surface area (Å²) in [4.78, 5) is 27.7. The van der Waals surface area contributed by atoms with Crippen molar-refractivity contribution in [3.8, 4) is 11.5 Å². The highest BCUT2D eigenvalue weighted by Crippen LogP contribution is 2.43. The summed E-state index contributed by atoms with van der Waals surface area (Å²) in [6.45, 7) is 2.40. The van der Waals surface area contributed by atoms with Gasteiger partial charge in [0.05, 0.1) is 25.3 Å². The zero-order chi connectivity index (χ0) is 23.5. The fourth-order valence-corrected chi connectivity index (χ4v) is 4.04. The van der Waals surface area contributed by atoms with Crippen molar-refractivity contribution < 1.29 is 24.2 Å². The van der Waals surface area contributed by atoms with Gasteiger partial charge < -0.3 is 14.6 Å². The number of amides is 1. The van der Waals surface area contributed by atoms with Crippen molar-refractivity contribution in [2.45, 2.75) is 13.0 Å². The topological polar surface area (TPSA) is 76.1 Å². The van der Waals surface area contributed by atoms with Gasteiger partial charge in [0, 0.05) is 16.3 Å². The van der Waals surface area contributed by atoms with E-state index in [1.54, 1.807) is 72.8 Å². The van der Waals surface area contributed by atoms with Gasteiger partial charge in [-0.05, 0) is 67.1 Å². The number of anilines is 1. The normalized spacial score (nSPS) is 17.3. The number of hydrogen-bond acceptors (Lipinski definition) is 5. The van der Waals surface area contributed by atoms with Gasteiger partial charge in [-0.3, -0.25) is 14.5 Å². The standard InChI is InChI=1S/C26H22ClNO5/c1-3-33-21-13-7-16(8-14-21)23-22(24(29)17-9-11-20(32-2)12-10-17)25(30)26(31)28(23)19-6-4-5-18(27)15-19/h4-15,23,29H,3H2,1-2H3/b24-22+. The van der Waals surface area contributed by atoms with Gasteiger partial charge in [0.2, 0.25) is 0 Å². The average molecular weight is 464 g/mol. The van der Waals surface area contributed by atoms with Gasteiger partial charge in [-0.15, -0.1) is 0 Å². The van der Waals surface area contributed by atoms with E-state index in [4.69, 9.17) is 21.1 Å². The minimum atomic E-state index is -0.846. The van der Waals surface area contributed by atoms with E-state index < -0.39 is 17.7 Å². The van der Waals surface area contributed by atoms with Gasteiger partial charge in [0.1, 0.15) is 17.3 Å². The number of hydrogen-bond donors (Lipinski definition) is 1. The van der Waals surface area contributed by atoms with E-state index in [1.165, 1.54) is 12.0 Å². The highest BCUT2D eigenvalue weighted by Gasteiger charge is 2.47. The summed E-state index contributed by atoms with van der Waals surface area (Å²) in [5.74, 6) is -0.516. The third kappa shape index (κ3) is 4.30. The maximum atomic E-state index is 13.2. The molecule has 0 aromatic heterocycles. The maximum absolute atomic E-state index is 13.2. The number of ether oxygens (including phenoxy) is 2. The zero-order valence-corrected chi connectivity index (χ0v) is 18.9. The molecule has 33 heavy (non-hydrogen) atoms. The molecule has 6 nitrogen and oxygen atoms in total. The second-order valence-electron chi connectivity index (χ2n) is 7.38. The summed E-state index contributed by atoms with van der Waals surface area (Å²) in [5, 5.41) is 11.6.